The van der Waals surface area contributed by atoms with E-state index in [1.54, 1.807) is 6.20 Å². The van der Waals surface area contributed by atoms with E-state index in [1.165, 1.54) is 5.56 Å². The highest BCUT2D eigenvalue weighted by Gasteiger charge is 2.25. The summed E-state index contributed by atoms with van der Waals surface area (Å²) >= 11 is 0. The van der Waals surface area contributed by atoms with Crippen molar-refractivity contribution in [3.8, 4) is 0 Å². The van der Waals surface area contributed by atoms with Crippen LogP contribution in [0.3, 0.4) is 0 Å². The van der Waals surface area contributed by atoms with Gasteiger partial charge in [-0.25, -0.2) is 4.98 Å². The van der Waals surface area contributed by atoms with Crippen molar-refractivity contribution in [2.75, 3.05) is 19.7 Å². The molecule has 1 fully saturated rings. The second-order valence-corrected chi connectivity index (χ2v) is 6.30. The number of hydrogen-bond donors (Lipinski definition) is 1. The maximum atomic E-state index is 12.4. The fourth-order valence-corrected chi connectivity index (χ4v) is 3.18. The van der Waals surface area contributed by atoms with E-state index >= 15 is 0 Å². The number of H-pyrrole nitrogens is 1. The highest BCUT2D eigenvalue weighted by Crippen LogP contribution is 2.24. The summed E-state index contributed by atoms with van der Waals surface area (Å²) < 4.78 is 5.65. The normalized spacial score (nSPS) is 17.8. The summed E-state index contributed by atoms with van der Waals surface area (Å²) in [5.41, 5.74) is 1.17. The van der Waals surface area contributed by atoms with Gasteiger partial charge in [-0.15, -0.1) is 0 Å². The van der Waals surface area contributed by atoms with Gasteiger partial charge in [0.2, 0.25) is 5.91 Å². The lowest BCUT2D eigenvalue weighted by molar-refractivity contribution is -0.132. The minimum atomic E-state index is 0.231. The van der Waals surface area contributed by atoms with Gasteiger partial charge in [0.05, 0.1) is 6.61 Å². The predicted octanol–water partition coefficient (Wildman–Crippen LogP) is 3.11. The lowest BCUT2D eigenvalue weighted by Crippen LogP contribution is -2.39. The molecule has 0 unspecified atom stereocenters. The van der Waals surface area contributed by atoms with E-state index in [0.717, 1.165) is 38.2 Å². The maximum Gasteiger partial charge on any atom is 0.222 e. The number of carbonyl (C=O) groups excluding carboxylic acids is 1. The van der Waals surface area contributed by atoms with Crippen molar-refractivity contribution >= 4 is 5.91 Å². The molecular formula is C19H25N3O2. The van der Waals surface area contributed by atoms with Crippen LogP contribution in [-0.2, 0) is 16.1 Å². The molecule has 0 bridgehead atoms. The number of likely N-dealkylation sites (tertiary alicyclic amines) is 1. The Hall–Kier alpha value is -2.14. The fourth-order valence-electron chi connectivity index (χ4n) is 3.18. The van der Waals surface area contributed by atoms with Gasteiger partial charge < -0.3 is 14.6 Å². The largest absolute Gasteiger partial charge is 0.377 e. The van der Waals surface area contributed by atoms with E-state index < -0.39 is 0 Å². The van der Waals surface area contributed by atoms with Crippen molar-refractivity contribution in [1.29, 1.82) is 0 Å². The zero-order chi connectivity index (χ0) is 16.6. The minimum absolute atomic E-state index is 0.231. The molecule has 2 aromatic rings. The first kappa shape index (κ1) is 16.7. The molecule has 3 rings (SSSR count). The molecular weight excluding hydrogens is 302 g/mol. The Kier molecular flexibility index (Phi) is 6.01. The molecule has 1 aromatic heterocycles. The average Bonchev–Trinajstić information content (AvgIpc) is 3.17. The highest BCUT2D eigenvalue weighted by atomic mass is 16.5. The Balaban J connectivity index is 1.36. The molecule has 1 saturated heterocycles. The quantitative estimate of drug-likeness (QED) is 0.795. The van der Waals surface area contributed by atoms with Gasteiger partial charge in [-0.2, -0.15) is 0 Å². The third-order valence-corrected chi connectivity index (χ3v) is 4.47. The van der Waals surface area contributed by atoms with Crippen molar-refractivity contribution in [2.45, 2.75) is 38.2 Å². The molecule has 1 aromatic carbocycles. The SMILES string of the molecule is O=C(CCCOCc1ccccc1)N1CCC[C@@H](c2ncc[nH]2)C1. The molecule has 0 spiro atoms. The summed E-state index contributed by atoms with van der Waals surface area (Å²) in [7, 11) is 0. The van der Waals surface area contributed by atoms with E-state index in [2.05, 4.69) is 9.97 Å². The second-order valence-electron chi connectivity index (χ2n) is 6.30. The molecule has 1 aliphatic rings. The third kappa shape index (κ3) is 4.68. The molecule has 128 valence electrons. The van der Waals surface area contributed by atoms with Gasteiger partial charge >= 0.3 is 0 Å². The predicted molar refractivity (Wildman–Crippen MR) is 92.5 cm³/mol. The van der Waals surface area contributed by atoms with Gasteiger partial charge in [-0.05, 0) is 24.8 Å². The monoisotopic (exact) mass is 327 g/mol. The molecule has 0 radical (unpaired) electrons. The van der Waals surface area contributed by atoms with Crippen LogP contribution in [0.1, 0.15) is 43.0 Å². The Bertz CT molecular complexity index is 613. The first-order valence-corrected chi connectivity index (χ1v) is 8.71. The summed E-state index contributed by atoms with van der Waals surface area (Å²) in [6, 6.07) is 10.1. The number of nitrogens with one attached hydrogen (secondary N) is 1. The van der Waals surface area contributed by atoms with Crippen LogP contribution < -0.4 is 0 Å². The molecule has 1 N–H and O–H groups in total. The van der Waals surface area contributed by atoms with Gasteiger partial charge in [0.15, 0.2) is 0 Å². The first-order chi connectivity index (χ1) is 11.8. The summed E-state index contributed by atoms with van der Waals surface area (Å²) in [6.45, 7) is 2.87. The zero-order valence-electron chi connectivity index (χ0n) is 14.0. The molecule has 5 nitrogen and oxygen atoms in total. The van der Waals surface area contributed by atoms with Gasteiger partial charge in [0.25, 0.3) is 0 Å². The fraction of sp³-hybridized carbons (Fsp3) is 0.474. The number of hydrogen-bond acceptors (Lipinski definition) is 3. The standard InChI is InChI=1S/C19H25N3O2/c23-18(9-5-13-24-15-16-6-2-1-3-7-16)22-12-4-8-17(14-22)19-20-10-11-21-19/h1-3,6-7,10-11,17H,4-5,8-9,12-15H2,(H,20,21)/t17-/m1/s1. The number of imidazole rings is 1. The number of aromatic nitrogens is 2. The van der Waals surface area contributed by atoms with Crippen molar-refractivity contribution in [3.63, 3.8) is 0 Å². The lowest BCUT2D eigenvalue weighted by Gasteiger charge is -2.32. The van der Waals surface area contributed by atoms with Gasteiger partial charge in [-0.3, -0.25) is 4.79 Å². The Morgan fingerprint density at radius 2 is 2.21 bits per heavy atom. The van der Waals surface area contributed by atoms with Crippen molar-refractivity contribution in [2.24, 2.45) is 0 Å². The van der Waals surface area contributed by atoms with Crippen molar-refractivity contribution in [1.82, 2.24) is 14.9 Å². The Morgan fingerprint density at radius 3 is 3.00 bits per heavy atom. The summed E-state index contributed by atoms with van der Waals surface area (Å²) in [5.74, 6) is 1.57. The molecule has 1 amide bonds. The number of piperidine rings is 1. The third-order valence-electron chi connectivity index (χ3n) is 4.47. The zero-order valence-corrected chi connectivity index (χ0v) is 14.0. The number of benzene rings is 1. The number of rotatable bonds is 7. The van der Waals surface area contributed by atoms with Crippen LogP contribution in [0.5, 0.6) is 0 Å². The van der Waals surface area contributed by atoms with E-state index in [4.69, 9.17) is 4.74 Å². The van der Waals surface area contributed by atoms with Crippen molar-refractivity contribution in [3.05, 3.63) is 54.1 Å². The highest BCUT2D eigenvalue weighted by molar-refractivity contribution is 5.76. The van der Waals surface area contributed by atoms with Crippen molar-refractivity contribution < 1.29 is 9.53 Å². The average molecular weight is 327 g/mol. The van der Waals surface area contributed by atoms with Crippen LogP contribution in [0.25, 0.3) is 0 Å². The Morgan fingerprint density at radius 1 is 1.33 bits per heavy atom. The molecule has 0 aliphatic carbocycles. The lowest BCUT2D eigenvalue weighted by atomic mass is 9.97. The van der Waals surface area contributed by atoms with Crippen LogP contribution in [0.2, 0.25) is 0 Å². The van der Waals surface area contributed by atoms with Gasteiger partial charge in [0.1, 0.15) is 5.82 Å². The molecule has 0 saturated carbocycles. The van der Waals surface area contributed by atoms with Gasteiger partial charge in [-0.1, -0.05) is 30.3 Å². The molecule has 1 atom stereocenters. The minimum Gasteiger partial charge on any atom is -0.377 e. The molecule has 1 aliphatic heterocycles. The second kappa shape index (κ2) is 8.64. The van der Waals surface area contributed by atoms with Crippen LogP contribution in [-0.4, -0.2) is 40.5 Å². The van der Waals surface area contributed by atoms with E-state index in [1.807, 2.05) is 41.4 Å². The van der Waals surface area contributed by atoms with Crippen LogP contribution in [0, 0.1) is 0 Å². The van der Waals surface area contributed by atoms with Crippen LogP contribution in [0.4, 0.5) is 0 Å². The van der Waals surface area contributed by atoms with Crippen LogP contribution >= 0.6 is 0 Å². The summed E-state index contributed by atoms with van der Waals surface area (Å²) in [5, 5.41) is 0. The number of amides is 1. The number of ether oxygens (including phenoxy) is 1. The van der Waals surface area contributed by atoms with E-state index in [-0.39, 0.29) is 5.91 Å². The number of carbonyl (C=O) groups is 1. The van der Waals surface area contributed by atoms with E-state index in [9.17, 15) is 4.79 Å². The smallest absolute Gasteiger partial charge is 0.222 e. The Labute approximate surface area is 143 Å². The first-order valence-electron chi connectivity index (χ1n) is 8.71. The summed E-state index contributed by atoms with van der Waals surface area (Å²) in [6.07, 6.45) is 7.09. The molecule has 2 heterocycles. The topological polar surface area (TPSA) is 58.2 Å². The maximum absolute atomic E-state index is 12.4. The molecule has 5 heteroatoms. The summed E-state index contributed by atoms with van der Waals surface area (Å²) in [4.78, 5) is 21.9. The van der Waals surface area contributed by atoms with Crippen LogP contribution in [0.15, 0.2) is 42.7 Å². The number of nitrogens with zero attached hydrogens (tertiary/aromatic N) is 2. The van der Waals surface area contributed by atoms with Gasteiger partial charge in [0, 0.05) is 44.4 Å². The number of aromatic amines is 1. The van der Waals surface area contributed by atoms with E-state index in [0.29, 0.717) is 25.6 Å². The molecule has 24 heavy (non-hydrogen) atoms.